The van der Waals surface area contributed by atoms with Crippen LogP contribution in [0.4, 0.5) is 0 Å². The molecule has 2 fully saturated rings. The molecule has 2 aliphatic rings. The summed E-state index contributed by atoms with van der Waals surface area (Å²) in [5, 5.41) is 8.22. The third-order valence-electron chi connectivity index (χ3n) is 7.29. The number of thiazole rings is 1. The van der Waals surface area contributed by atoms with Crippen LogP contribution in [0, 0.1) is 19.8 Å². The van der Waals surface area contributed by atoms with E-state index in [1.165, 1.54) is 11.3 Å². The van der Waals surface area contributed by atoms with E-state index in [1.807, 2.05) is 49.1 Å². The molecular formula is C27H33N5O3S. The maximum atomic E-state index is 13.8. The molecule has 0 spiro atoms. The van der Waals surface area contributed by atoms with Crippen molar-refractivity contribution in [1.82, 2.24) is 25.3 Å². The van der Waals surface area contributed by atoms with Gasteiger partial charge in [-0.15, -0.1) is 11.3 Å². The number of nitrogens with one attached hydrogen (secondary N) is 1. The van der Waals surface area contributed by atoms with Gasteiger partial charge < -0.3 is 14.7 Å². The van der Waals surface area contributed by atoms with Crippen LogP contribution in [0.1, 0.15) is 82.1 Å². The molecule has 5 rings (SSSR count). The molecule has 1 N–H and O–H groups in total. The molecular weight excluding hydrogens is 474 g/mol. The number of amides is 2. The SMILES string of the molecule is Cc1nc(C)c(C(=O)N2CCCCCCNC(=O)C3CC(c4nc(Cc5ccccc5)no4)CC32)s1. The zero-order chi connectivity index (χ0) is 25.1. The number of carbonyl (C=O) groups excluding carboxylic acids is 2. The largest absolute Gasteiger partial charge is 0.356 e. The summed E-state index contributed by atoms with van der Waals surface area (Å²) in [7, 11) is 0. The van der Waals surface area contributed by atoms with Crippen LogP contribution in [0.2, 0.25) is 0 Å². The number of aromatic nitrogens is 3. The van der Waals surface area contributed by atoms with E-state index in [0.717, 1.165) is 41.9 Å². The first-order chi connectivity index (χ1) is 17.5. The number of nitrogens with zero attached hydrogens (tertiary/aromatic N) is 4. The molecule has 1 aromatic carbocycles. The van der Waals surface area contributed by atoms with E-state index < -0.39 is 0 Å². The first-order valence-corrected chi connectivity index (χ1v) is 13.7. The Morgan fingerprint density at radius 3 is 2.69 bits per heavy atom. The first-order valence-electron chi connectivity index (χ1n) is 12.9. The molecule has 190 valence electrons. The molecule has 3 heterocycles. The van der Waals surface area contributed by atoms with Crippen molar-refractivity contribution < 1.29 is 14.1 Å². The molecule has 36 heavy (non-hydrogen) atoms. The molecule has 1 saturated carbocycles. The lowest BCUT2D eigenvalue weighted by molar-refractivity contribution is -0.126. The van der Waals surface area contributed by atoms with Gasteiger partial charge in [-0.2, -0.15) is 4.98 Å². The molecule has 1 aliphatic carbocycles. The van der Waals surface area contributed by atoms with Gasteiger partial charge in [0.15, 0.2) is 5.82 Å². The summed E-state index contributed by atoms with van der Waals surface area (Å²) in [5.74, 6) is 0.824. The second-order valence-electron chi connectivity index (χ2n) is 9.90. The number of benzene rings is 1. The van der Waals surface area contributed by atoms with Crippen LogP contribution in [0.25, 0.3) is 0 Å². The van der Waals surface area contributed by atoms with E-state index >= 15 is 0 Å². The van der Waals surface area contributed by atoms with Crippen molar-refractivity contribution in [1.29, 1.82) is 0 Å². The molecule has 3 aromatic rings. The van der Waals surface area contributed by atoms with E-state index in [0.29, 0.717) is 48.9 Å². The van der Waals surface area contributed by atoms with Crippen molar-refractivity contribution in [2.45, 2.75) is 70.8 Å². The van der Waals surface area contributed by atoms with Crippen molar-refractivity contribution in [2.75, 3.05) is 13.1 Å². The Morgan fingerprint density at radius 2 is 1.92 bits per heavy atom. The second kappa shape index (κ2) is 10.9. The molecule has 3 atom stereocenters. The monoisotopic (exact) mass is 507 g/mol. The van der Waals surface area contributed by atoms with Crippen LogP contribution in [-0.2, 0) is 11.2 Å². The Hall–Kier alpha value is -3.07. The average Bonchev–Trinajstić information content (AvgIpc) is 3.59. The summed E-state index contributed by atoms with van der Waals surface area (Å²) >= 11 is 1.43. The van der Waals surface area contributed by atoms with Gasteiger partial charge in [-0.3, -0.25) is 9.59 Å². The predicted molar refractivity (Wildman–Crippen MR) is 137 cm³/mol. The Labute approximate surface area is 215 Å². The number of carbonyl (C=O) groups is 2. The Balaban J connectivity index is 1.41. The van der Waals surface area contributed by atoms with Gasteiger partial charge in [0.05, 0.1) is 16.6 Å². The van der Waals surface area contributed by atoms with Crippen molar-refractivity contribution in [3.8, 4) is 0 Å². The molecule has 2 aromatic heterocycles. The smallest absolute Gasteiger partial charge is 0.266 e. The number of aryl methyl sites for hydroxylation is 2. The fraction of sp³-hybridized carbons (Fsp3) is 0.519. The maximum absolute atomic E-state index is 13.8. The number of hydrogen-bond acceptors (Lipinski definition) is 7. The quantitative estimate of drug-likeness (QED) is 0.561. The second-order valence-corrected chi connectivity index (χ2v) is 11.1. The standard InChI is InChI=1S/C27H33N5O3S/c1-17-24(36-18(2)29-17)27(34)32-13-9-4-3-8-12-28-25(33)21-15-20(16-22(21)32)26-30-23(31-35-26)14-19-10-6-5-7-11-19/h5-7,10-11,20-22H,3-4,8-9,12-16H2,1-2H3,(H,28,33). The summed E-state index contributed by atoms with van der Waals surface area (Å²) in [6.45, 7) is 5.12. The Kier molecular flexibility index (Phi) is 7.46. The third kappa shape index (κ3) is 5.36. The Bertz CT molecular complexity index is 1210. The van der Waals surface area contributed by atoms with E-state index in [4.69, 9.17) is 9.51 Å². The minimum Gasteiger partial charge on any atom is -0.356 e. The van der Waals surface area contributed by atoms with Gasteiger partial charge in [0.1, 0.15) is 4.88 Å². The fourth-order valence-corrected chi connectivity index (χ4v) is 6.38. The number of fused-ring (bicyclic) bond motifs is 1. The van der Waals surface area contributed by atoms with Crippen molar-refractivity contribution in [2.24, 2.45) is 5.92 Å². The first kappa shape index (κ1) is 24.6. The van der Waals surface area contributed by atoms with E-state index in [2.05, 4.69) is 15.5 Å². The summed E-state index contributed by atoms with van der Waals surface area (Å²) in [4.78, 5) is 38.9. The fourth-order valence-electron chi connectivity index (χ4n) is 5.51. The van der Waals surface area contributed by atoms with Crippen LogP contribution >= 0.6 is 11.3 Å². The van der Waals surface area contributed by atoms with Crippen molar-refractivity contribution in [3.05, 3.63) is 63.2 Å². The lowest BCUT2D eigenvalue weighted by Crippen LogP contribution is -2.47. The normalized spacial score (nSPS) is 23.1. The number of rotatable bonds is 4. The summed E-state index contributed by atoms with van der Waals surface area (Å²) < 4.78 is 5.69. The van der Waals surface area contributed by atoms with Crippen molar-refractivity contribution in [3.63, 3.8) is 0 Å². The van der Waals surface area contributed by atoms with Gasteiger partial charge in [-0.05, 0) is 45.1 Å². The van der Waals surface area contributed by atoms with Gasteiger partial charge in [0.2, 0.25) is 11.8 Å². The minimum atomic E-state index is -0.309. The lowest BCUT2D eigenvalue weighted by Gasteiger charge is -2.32. The molecule has 0 radical (unpaired) electrons. The third-order valence-corrected chi connectivity index (χ3v) is 8.35. The molecule has 9 heteroatoms. The van der Waals surface area contributed by atoms with Crippen LogP contribution in [0.3, 0.4) is 0 Å². The molecule has 0 bridgehead atoms. The minimum absolute atomic E-state index is 0.0171. The van der Waals surface area contributed by atoms with Gasteiger partial charge >= 0.3 is 0 Å². The summed E-state index contributed by atoms with van der Waals surface area (Å²) in [6.07, 6.45) is 5.78. The maximum Gasteiger partial charge on any atom is 0.266 e. The van der Waals surface area contributed by atoms with Gasteiger partial charge in [0, 0.05) is 31.5 Å². The highest BCUT2D eigenvalue weighted by Gasteiger charge is 2.46. The van der Waals surface area contributed by atoms with E-state index in [1.54, 1.807) is 0 Å². The highest BCUT2D eigenvalue weighted by atomic mass is 32.1. The molecule has 1 saturated heterocycles. The summed E-state index contributed by atoms with van der Waals surface area (Å²) in [5.41, 5.74) is 1.88. The highest BCUT2D eigenvalue weighted by molar-refractivity contribution is 7.13. The van der Waals surface area contributed by atoms with Crippen LogP contribution < -0.4 is 5.32 Å². The Morgan fingerprint density at radius 1 is 1.11 bits per heavy atom. The van der Waals surface area contributed by atoms with E-state index in [9.17, 15) is 9.59 Å². The van der Waals surface area contributed by atoms with Crippen LogP contribution in [-0.4, -0.2) is 51.0 Å². The topological polar surface area (TPSA) is 101 Å². The van der Waals surface area contributed by atoms with Gasteiger partial charge in [-0.1, -0.05) is 48.3 Å². The zero-order valence-electron chi connectivity index (χ0n) is 20.9. The molecule has 8 nitrogen and oxygen atoms in total. The van der Waals surface area contributed by atoms with Gasteiger partial charge in [-0.25, -0.2) is 4.98 Å². The zero-order valence-corrected chi connectivity index (χ0v) is 21.7. The highest BCUT2D eigenvalue weighted by Crippen LogP contribution is 2.42. The van der Waals surface area contributed by atoms with Crippen molar-refractivity contribution >= 4 is 23.2 Å². The molecule has 2 amide bonds. The summed E-state index contributed by atoms with van der Waals surface area (Å²) in [6, 6.07) is 9.83. The van der Waals surface area contributed by atoms with Gasteiger partial charge in [0.25, 0.3) is 5.91 Å². The molecule has 1 aliphatic heterocycles. The number of hydrogen-bond donors (Lipinski definition) is 1. The lowest BCUT2D eigenvalue weighted by atomic mass is 10.00. The predicted octanol–water partition coefficient (Wildman–Crippen LogP) is 4.43. The van der Waals surface area contributed by atoms with Crippen LogP contribution in [0.5, 0.6) is 0 Å². The van der Waals surface area contributed by atoms with E-state index in [-0.39, 0.29) is 29.7 Å². The molecule has 3 unspecified atom stereocenters. The van der Waals surface area contributed by atoms with Crippen LogP contribution in [0.15, 0.2) is 34.9 Å². The average molecular weight is 508 g/mol.